The Bertz CT molecular complexity index is 297. The van der Waals surface area contributed by atoms with Crippen LogP contribution in [0.25, 0.3) is 0 Å². The first kappa shape index (κ1) is 16.4. The lowest BCUT2D eigenvalue weighted by Gasteiger charge is -2.40. The van der Waals surface area contributed by atoms with E-state index in [1.165, 1.54) is 0 Å². The summed E-state index contributed by atoms with van der Waals surface area (Å²) in [5.74, 6) is 0.595. The molecule has 19 heavy (non-hydrogen) atoms. The van der Waals surface area contributed by atoms with Crippen molar-refractivity contribution in [1.29, 1.82) is 0 Å². The van der Waals surface area contributed by atoms with Crippen LogP contribution in [-0.4, -0.2) is 47.7 Å². The number of amides is 1. The van der Waals surface area contributed by atoms with Crippen molar-refractivity contribution in [1.82, 2.24) is 10.2 Å². The van der Waals surface area contributed by atoms with Crippen LogP contribution in [0.1, 0.15) is 47.5 Å². The molecule has 0 aliphatic carbocycles. The second-order valence-electron chi connectivity index (χ2n) is 7.08. The Hall–Kier alpha value is -0.610. The third kappa shape index (κ3) is 5.11. The fourth-order valence-corrected chi connectivity index (χ4v) is 2.56. The third-order valence-corrected chi connectivity index (χ3v) is 3.85. The Labute approximate surface area is 117 Å². The van der Waals surface area contributed by atoms with Crippen LogP contribution in [0.3, 0.4) is 0 Å². The zero-order chi connectivity index (χ0) is 14.6. The van der Waals surface area contributed by atoms with Gasteiger partial charge in [0.25, 0.3) is 0 Å². The van der Waals surface area contributed by atoms with Crippen LogP contribution in [0.5, 0.6) is 0 Å². The molecule has 0 aromatic carbocycles. The number of carbonyl (C=O) groups excluding carboxylic acids is 1. The maximum absolute atomic E-state index is 12.1. The monoisotopic (exact) mass is 270 g/mol. The molecule has 1 rings (SSSR count). The number of likely N-dealkylation sites (tertiary alicyclic amines) is 1. The Kier molecular flexibility index (Phi) is 5.81. The summed E-state index contributed by atoms with van der Waals surface area (Å²) in [7, 11) is 0. The normalized spacial score (nSPS) is 25.6. The van der Waals surface area contributed by atoms with Crippen molar-refractivity contribution in [3.63, 3.8) is 0 Å². The Balaban J connectivity index is 2.63. The van der Waals surface area contributed by atoms with Crippen molar-refractivity contribution < 1.29 is 9.90 Å². The van der Waals surface area contributed by atoms with E-state index in [-0.39, 0.29) is 24.0 Å². The SMILES string of the molecule is CC(C)N1CC(CCO)CC(NC(=O)C(C)(C)C)C1. The van der Waals surface area contributed by atoms with Crippen LogP contribution in [-0.2, 0) is 4.79 Å². The second kappa shape index (κ2) is 6.71. The van der Waals surface area contributed by atoms with E-state index in [9.17, 15) is 4.79 Å². The highest BCUT2D eigenvalue weighted by atomic mass is 16.3. The fourth-order valence-electron chi connectivity index (χ4n) is 2.56. The predicted molar refractivity (Wildman–Crippen MR) is 77.9 cm³/mol. The van der Waals surface area contributed by atoms with E-state index in [0.717, 1.165) is 25.9 Å². The molecule has 4 heteroatoms. The van der Waals surface area contributed by atoms with Crippen molar-refractivity contribution in [3.05, 3.63) is 0 Å². The first-order chi connectivity index (χ1) is 8.74. The molecule has 0 spiro atoms. The summed E-state index contributed by atoms with van der Waals surface area (Å²) in [5.41, 5.74) is -0.341. The number of nitrogens with zero attached hydrogens (tertiary/aromatic N) is 1. The van der Waals surface area contributed by atoms with Gasteiger partial charge in [-0.1, -0.05) is 20.8 Å². The molecule has 1 amide bonds. The smallest absolute Gasteiger partial charge is 0.225 e. The van der Waals surface area contributed by atoms with Gasteiger partial charge in [0.15, 0.2) is 0 Å². The molecule has 2 N–H and O–H groups in total. The number of hydrogen-bond donors (Lipinski definition) is 2. The van der Waals surface area contributed by atoms with Gasteiger partial charge in [-0.15, -0.1) is 0 Å². The molecule has 1 aliphatic rings. The van der Waals surface area contributed by atoms with E-state index in [0.29, 0.717) is 12.0 Å². The number of rotatable bonds is 4. The Morgan fingerprint density at radius 3 is 2.47 bits per heavy atom. The molecule has 2 atom stereocenters. The zero-order valence-corrected chi connectivity index (χ0v) is 13.1. The van der Waals surface area contributed by atoms with Crippen LogP contribution >= 0.6 is 0 Å². The van der Waals surface area contributed by atoms with E-state index < -0.39 is 0 Å². The highest BCUT2D eigenvalue weighted by molar-refractivity contribution is 5.81. The quantitative estimate of drug-likeness (QED) is 0.816. The molecule has 1 saturated heterocycles. The highest BCUT2D eigenvalue weighted by Crippen LogP contribution is 2.23. The number of aliphatic hydroxyl groups is 1. The molecule has 1 aliphatic heterocycles. The largest absolute Gasteiger partial charge is 0.396 e. The Morgan fingerprint density at radius 1 is 1.37 bits per heavy atom. The van der Waals surface area contributed by atoms with Crippen LogP contribution in [0.4, 0.5) is 0 Å². The van der Waals surface area contributed by atoms with Crippen LogP contribution < -0.4 is 5.32 Å². The van der Waals surface area contributed by atoms with E-state index in [4.69, 9.17) is 5.11 Å². The predicted octanol–water partition coefficient (Wildman–Crippen LogP) is 1.63. The van der Waals surface area contributed by atoms with Crippen LogP contribution in [0.15, 0.2) is 0 Å². The van der Waals surface area contributed by atoms with Gasteiger partial charge >= 0.3 is 0 Å². The highest BCUT2D eigenvalue weighted by Gasteiger charge is 2.31. The van der Waals surface area contributed by atoms with E-state index in [2.05, 4.69) is 24.1 Å². The van der Waals surface area contributed by atoms with Crippen LogP contribution in [0, 0.1) is 11.3 Å². The van der Waals surface area contributed by atoms with Crippen molar-refractivity contribution >= 4 is 5.91 Å². The molecule has 1 heterocycles. The molecule has 2 unspecified atom stereocenters. The molecular weight excluding hydrogens is 240 g/mol. The lowest BCUT2D eigenvalue weighted by Crippen LogP contribution is -2.54. The van der Waals surface area contributed by atoms with Gasteiger partial charge < -0.3 is 10.4 Å². The standard InChI is InChI=1S/C15H30N2O2/c1-11(2)17-9-12(6-7-18)8-13(10-17)16-14(19)15(3,4)5/h11-13,18H,6-10H2,1-5H3,(H,16,19). The summed E-state index contributed by atoms with van der Waals surface area (Å²) in [5, 5.41) is 12.3. The molecule has 0 bridgehead atoms. The lowest BCUT2D eigenvalue weighted by atomic mass is 9.89. The van der Waals surface area contributed by atoms with E-state index in [1.807, 2.05) is 20.8 Å². The van der Waals surface area contributed by atoms with Gasteiger partial charge in [0.2, 0.25) is 5.91 Å². The third-order valence-electron chi connectivity index (χ3n) is 3.85. The summed E-state index contributed by atoms with van der Waals surface area (Å²) in [6.45, 7) is 12.4. The molecule has 0 aromatic heterocycles. The van der Waals surface area contributed by atoms with Crippen molar-refractivity contribution in [2.75, 3.05) is 19.7 Å². The number of nitrogens with one attached hydrogen (secondary N) is 1. The molecule has 112 valence electrons. The minimum Gasteiger partial charge on any atom is -0.396 e. The lowest BCUT2D eigenvalue weighted by molar-refractivity contribution is -0.129. The molecule has 0 saturated carbocycles. The minimum absolute atomic E-state index is 0.117. The summed E-state index contributed by atoms with van der Waals surface area (Å²) in [6.07, 6.45) is 1.80. The fraction of sp³-hybridized carbons (Fsp3) is 0.933. The second-order valence-corrected chi connectivity index (χ2v) is 7.08. The first-order valence-corrected chi connectivity index (χ1v) is 7.40. The molecule has 4 nitrogen and oxygen atoms in total. The summed E-state index contributed by atoms with van der Waals surface area (Å²) >= 11 is 0. The van der Waals surface area contributed by atoms with Gasteiger partial charge in [0, 0.05) is 37.2 Å². The average molecular weight is 270 g/mol. The molecule has 0 aromatic rings. The molecule has 0 radical (unpaired) electrons. The molecular formula is C15H30N2O2. The average Bonchev–Trinajstić information content (AvgIpc) is 2.27. The van der Waals surface area contributed by atoms with E-state index in [1.54, 1.807) is 0 Å². The van der Waals surface area contributed by atoms with Crippen molar-refractivity contribution in [2.45, 2.75) is 59.5 Å². The van der Waals surface area contributed by atoms with Gasteiger partial charge in [-0.3, -0.25) is 9.69 Å². The number of hydrogen-bond acceptors (Lipinski definition) is 3. The number of aliphatic hydroxyl groups excluding tert-OH is 1. The van der Waals surface area contributed by atoms with E-state index >= 15 is 0 Å². The van der Waals surface area contributed by atoms with Gasteiger partial charge in [0.05, 0.1) is 0 Å². The minimum atomic E-state index is -0.341. The van der Waals surface area contributed by atoms with Crippen molar-refractivity contribution in [2.24, 2.45) is 11.3 Å². The van der Waals surface area contributed by atoms with Gasteiger partial charge in [0.1, 0.15) is 0 Å². The number of piperidine rings is 1. The molecule has 1 fully saturated rings. The zero-order valence-electron chi connectivity index (χ0n) is 13.1. The maximum atomic E-state index is 12.1. The van der Waals surface area contributed by atoms with Crippen LogP contribution in [0.2, 0.25) is 0 Å². The number of carbonyl (C=O) groups is 1. The maximum Gasteiger partial charge on any atom is 0.225 e. The van der Waals surface area contributed by atoms with Gasteiger partial charge in [-0.2, -0.15) is 0 Å². The van der Waals surface area contributed by atoms with Gasteiger partial charge in [-0.05, 0) is 32.6 Å². The summed E-state index contributed by atoms with van der Waals surface area (Å²) in [4.78, 5) is 14.5. The first-order valence-electron chi connectivity index (χ1n) is 7.40. The Morgan fingerprint density at radius 2 is 2.00 bits per heavy atom. The summed E-state index contributed by atoms with van der Waals surface area (Å²) in [6, 6.07) is 0.690. The topological polar surface area (TPSA) is 52.6 Å². The van der Waals surface area contributed by atoms with Gasteiger partial charge in [-0.25, -0.2) is 0 Å². The van der Waals surface area contributed by atoms with Crippen molar-refractivity contribution in [3.8, 4) is 0 Å². The summed E-state index contributed by atoms with van der Waals surface area (Å²) < 4.78 is 0.